The largest absolute Gasteiger partial charge is 0.591 e. The first-order chi connectivity index (χ1) is 8.04. The van der Waals surface area contributed by atoms with Crippen molar-refractivity contribution in [2.24, 2.45) is 4.40 Å². The van der Waals surface area contributed by atoms with Gasteiger partial charge in [0.1, 0.15) is 21.3 Å². The molecule has 1 rings (SSSR count). The number of halogens is 1. The van der Waals surface area contributed by atoms with Gasteiger partial charge in [0, 0.05) is 0 Å². The summed E-state index contributed by atoms with van der Waals surface area (Å²) < 4.78 is 16.7. The molecule has 0 aliphatic rings. The molecule has 0 saturated heterocycles. The predicted molar refractivity (Wildman–Crippen MR) is 74.5 cm³/mol. The number of nitrogens with zero attached hydrogens (tertiary/aromatic N) is 3. The lowest BCUT2D eigenvalue weighted by Crippen LogP contribution is -2.15. The molecule has 17 heavy (non-hydrogen) atoms. The molecule has 1 atom stereocenters. The van der Waals surface area contributed by atoms with Crippen LogP contribution in [0, 0.1) is 0 Å². The van der Waals surface area contributed by atoms with E-state index >= 15 is 0 Å². The number of rotatable bonds is 5. The molecule has 1 aromatic rings. The zero-order chi connectivity index (χ0) is 12.8. The second kappa shape index (κ2) is 7.08. The summed E-state index contributed by atoms with van der Waals surface area (Å²) in [7, 11) is 0. The summed E-state index contributed by atoms with van der Waals surface area (Å²) in [4.78, 5) is 8.34. The number of aromatic nitrogens is 2. The van der Waals surface area contributed by atoms with E-state index in [0.717, 1.165) is 18.6 Å². The van der Waals surface area contributed by atoms with Crippen LogP contribution in [-0.4, -0.2) is 25.5 Å². The van der Waals surface area contributed by atoms with Crippen LogP contribution in [0.5, 0.6) is 0 Å². The van der Waals surface area contributed by atoms with Crippen molar-refractivity contribution in [3.63, 3.8) is 0 Å². The fourth-order valence-corrected chi connectivity index (χ4v) is 2.07. The Labute approximate surface area is 113 Å². The smallest absolute Gasteiger partial charge is 0.137 e. The molecule has 0 aliphatic carbocycles. The molecule has 94 valence electrons. The SMILES string of the molecule is CCC/C(=N\[S@+]([O-])C(C)C)c1cncc(Br)n1. The highest BCUT2D eigenvalue weighted by atomic mass is 79.9. The summed E-state index contributed by atoms with van der Waals surface area (Å²) in [5, 5.41) is 0.0157. The molecule has 0 aliphatic heterocycles. The quantitative estimate of drug-likeness (QED) is 0.619. The highest BCUT2D eigenvalue weighted by molar-refractivity contribution is 9.10. The van der Waals surface area contributed by atoms with Crippen LogP contribution in [0.4, 0.5) is 0 Å². The Kier molecular flexibility index (Phi) is 6.08. The average molecular weight is 318 g/mol. The minimum absolute atomic E-state index is 0.0157. The highest BCUT2D eigenvalue weighted by Crippen LogP contribution is 2.12. The molecule has 1 heterocycles. The van der Waals surface area contributed by atoms with E-state index in [9.17, 15) is 4.55 Å². The second-order valence-corrected chi connectivity index (χ2v) is 6.33. The van der Waals surface area contributed by atoms with Gasteiger partial charge in [-0.15, -0.1) is 0 Å². The molecule has 0 spiro atoms. The van der Waals surface area contributed by atoms with Crippen LogP contribution < -0.4 is 0 Å². The maximum atomic E-state index is 11.8. The molecule has 4 nitrogen and oxygen atoms in total. The van der Waals surface area contributed by atoms with Gasteiger partial charge < -0.3 is 4.55 Å². The zero-order valence-electron chi connectivity index (χ0n) is 10.2. The van der Waals surface area contributed by atoms with Gasteiger partial charge in [0.15, 0.2) is 0 Å². The van der Waals surface area contributed by atoms with Crippen LogP contribution in [0.1, 0.15) is 39.3 Å². The average Bonchev–Trinajstić information content (AvgIpc) is 2.28. The van der Waals surface area contributed by atoms with Gasteiger partial charge in [0.25, 0.3) is 0 Å². The van der Waals surface area contributed by atoms with Crippen LogP contribution >= 0.6 is 15.9 Å². The summed E-state index contributed by atoms with van der Waals surface area (Å²) in [5.41, 5.74) is 1.45. The first kappa shape index (κ1) is 14.6. The summed E-state index contributed by atoms with van der Waals surface area (Å²) in [6.07, 6.45) is 4.95. The molecule has 0 N–H and O–H groups in total. The number of hydrogen-bond donors (Lipinski definition) is 0. The third-order valence-electron chi connectivity index (χ3n) is 1.99. The molecule has 0 bridgehead atoms. The first-order valence-corrected chi connectivity index (χ1v) is 7.47. The van der Waals surface area contributed by atoms with Crippen molar-refractivity contribution in [1.82, 2.24) is 9.97 Å². The monoisotopic (exact) mass is 317 g/mol. The van der Waals surface area contributed by atoms with E-state index in [1.165, 1.54) is 0 Å². The van der Waals surface area contributed by atoms with E-state index in [4.69, 9.17) is 0 Å². The fourth-order valence-electron chi connectivity index (χ4n) is 1.15. The molecule has 0 amide bonds. The predicted octanol–water partition coefficient (Wildman–Crippen LogP) is 2.90. The molecule has 0 radical (unpaired) electrons. The molecule has 0 unspecified atom stereocenters. The minimum atomic E-state index is -1.21. The van der Waals surface area contributed by atoms with Gasteiger partial charge in [0.05, 0.1) is 23.8 Å². The lowest BCUT2D eigenvalue weighted by atomic mass is 10.2. The van der Waals surface area contributed by atoms with Gasteiger partial charge >= 0.3 is 0 Å². The maximum Gasteiger partial charge on any atom is 0.137 e. The lowest BCUT2D eigenvalue weighted by molar-refractivity contribution is 0.588. The summed E-state index contributed by atoms with van der Waals surface area (Å²) >= 11 is 2.07. The Morgan fingerprint density at radius 2 is 2.24 bits per heavy atom. The van der Waals surface area contributed by atoms with Crippen molar-refractivity contribution in [2.45, 2.75) is 38.9 Å². The van der Waals surface area contributed by atoms with E-state index < -0.39 is 11.4 Å². The topological polar surface area (TPSA) is 61.2 Å². The third kappa shape index (κ3) is 4.73. The van der Waals surface area contributed by atoms with Crippen LogP contribution in [-0.2, 0) is 11.4 Å². The standard InChI is InChI=1S/C11H16BrN3OS/c1-4-5-9(15-17(16)8(2)3)10-6-13-7-11(12)14-10/h6-8H,4-5H2,1-3H3/b15-9+/t17-/m1/s1. The van der Waals surface area contributed by atoms with Crippen LogP contribution in [0.15, 0.2) is 21.4 Å². The fraction of sp³-hybridized carbons (Fsp3) is 0.545. The zero-order valence-corrected chi connectivity index (χ0v) is 12.6. The molecule has 0 aromatic carbocycles. The molecule has 1 aromatic heterocycles. The molecule has 0 saturated carbocycles. The Hall–Kier alpha value is -0.460. The maximum absolute atomic E-state index is 11.8. The van der Waals surface area contributed by atoms with Gasteiger partial charge in [-0.1, -0.05) is 17.7 Å². The van der Waals surface area contributed by atoms with Gasteiger partial charge in [-0.25, -0.2) is 4.98 Å². The Morgan fingerprint density at radius 3 is 2.76 bits per heavy atom. The molecular formula is C11H16BrN3OS. The van der Waals surface area contributed by atoms with Crippen LogP contribution in [0.2, 0.25) is 0 Å². The summed E-state index contributed by atoms with van der Waals surface area (Å²) in [6.45, 7) is 5.82. The third-order valence-corrected chi connectivity index (χ3v) is 3.58. The second-order valence-electron chi connectivity index (χ2n) is 3.84. The van der Waals surface area contributed by atoms with Crippen molar-refractivity contribution >= 4 is 33.0 Å². The van der Waals surface area contributed by atoms with Gasteiger partial charge in [-0.2, -0.15) is 0 Å². The van der Waals surface area contributed by atoms with E-state index in [-0.39, 0.29) is 5.25 Å². The van der Waals surface area contributed by atoms with Crippen LogP contribution in [0.25, 0.3) is 0 Å². The van der Waals surface area contributed by atoms with Crippen molar-refractivity contribution in [3.8, 4) is 0 Å². The molecular weight excluding hydrogens is 302 g/mol. The Morgan fingerprint density at radius 1 is 1.53 bits per heavy atom. The minimum Gasteiger partial charge on any atom is -0.591 e. The number of hydrogen-bond acceptors (Lipinski definition) is 4. The Balaban J connectivity index is 3.00. The van der Waals surface area contributed by atoms with Crippen molar-refractivity contribution in [2.75, 3.05) is 0 Å². The normalized spacial score (nSPS) is 14.1. The summed E-state index contributed by atoms with van der Waals surface area (Å²) in [6, 6.07) is 0. The van der Waals surface area contributed by atoms with Crippen molar-refractivity contribution < 1.29 is 4.55 Å². The van der Waals surface area contributed by atoms with Gasteiger partial charge in [-0.3, -0.25) is 4.98 Å². The highest BCUT2D eigenvalue weighted by Gasteiger charge is 2.15. The van der Waals surface area contributed by atoms with Crippen molar-refractivity contribution in [3.05, 3.63) is 22.7 Å². The van der Waals surface area contributed by atoms with Gasteiger partial charge in [0.2, 0.25) is 0 Å². The van der Waals surface area contributed by atoms with Crippen molar-refractivity contribution in [1.29, 1.82) is 0 Å². The molecule has 6 heteroatoms. The Bertz CT molecular complexity index is 398. The van der Waals surface area contributed by atoms with E-state index in [1.807, 2.05) is 13.8 Å². The van der Waals surface area contributed by atoms with E-state index in [0.29, 0.717) is 10.3 Å². The van der Waals surface area contributed by atoms with E-state index in [2.05, 4.69) is 37.2 Å². The van der Waals surface area contributed by atoms with Crippen LogP contribution in [0.3, 0.4) is 0 Å². The first-order valence-electron chi connectivity index (χ1n) is 5.50. The van der Waals surface area contributed by atoms with Gasteiger partial charge in [-0.05, 0) is 36.2 Å². The summed E-state index contributed by atoms with van der Waals surface area (Å²) in [5.74, 6) is 0. The van der Waals surface area contributed by atoms with E-state index in [1.54, 1.807) is 12.4 Å². The molecule has 0 fully saturated rings. The lowest BCUT2D eigenvalue weighted by Gasteiger charge is -2.09.